The lowest BCUT2D eigenvalue weighted by molar-refractivity contribution is 0.0286. The molecular weight excluding hydrogens is 270 g/mol. The van der Waals surface area contributed by atoms with Gasteiger partial charge in [0.05, 0.1) is 12.9 Å². The molecule has 0 saturated carbocycles. The first-order chi connectivity index (χ1) is 9.90. The zero-order chi connectivity index (χ0) is 15.5. The number of carbonyl (C=O) groups excluding carboxylic acids is 1. The topological polar surface area (TPSA) is 76.8 Å². The minimum absolute atomic E-state index is 0.0673. The van der Waals surface area contributed by atoms with Gasteiger partial charge in [-0.25, -0.2) is 4.79 Å². The van der Waals surface area contributed by atoms with Crippen LogP contribution in [-0.2, 0) is 9.47 Å². The molecule has 2 aliphatic rings. The van der Waals surface area contributed by atoms with Gasteiger partial charge in [-0.15, -0.1) is 0 Å². The molecule has 6 nitrogen and oxygen atoms in total. The van der Waals surface area contributed by atoms with E-state index in [9.17, 15) is 4.79 Å². The van der Waals surface area contributed by atoms with Gasteiger partial charge in [0.15, 0.2) is 0 Å². The van der Waals surface area contributed by atoms with Gasteiger partial charge in [0.1, 0.15) is 5.60 Å². The van der Waals surface area contributed by atoms with E-state index in [-0.39, 0.29) is 12.1 Å². The predicted octanol–water partition coefficient (Wildman–Crippen LogP) is 1.77. The highest BCUT2D eigenvalue weighted by atomic mass is 16.6. The molecule has 2 heterocycles. The summed E-state index contributed by atoms with van der Waals surface area (Å²) in [7, 11) is 0. The second-order valence-electron chi connectivity index (χ2n) is 6.79. The average molecular weight is 297 g/mol. The third kappa shape index (κ3) is 4.35. The lowest BCUT2D eigenvalue weighted by Gasteiger charge is -2.28. The molecule has 0 aromatic rings. The summed E-state index contributed by atoms with van der Waals surface area (Å²) in [6.45, 7) is 7.80. The van der Waals surface area contributed by atoms with Crippen LogP contribution in [0.25, 0.3) is 0 Å². The van der Waals surface area contributed by atoms with Crippen molar-refractivity contribution in [2.75, 3.05) is 19.7 Å². The van der Waals surface area contributed by atoms with E-state index in [2.05, 4.69) is 5.43 Å². The lowest BCUT2D eigenvalue weighted by atomic mass is 9.90. The molecule has 1 amide bonds. The van der Waals surface area contributed by atoms with Crippen LogP contribution >= 0.6 is 0 Å². The molecular formula is C15H27N3O3. The summed E-state index contributed by atoms with van der Waals surface area (Å²) >= 11 is 0. The summed E-state index contributed by atoms with van der Waals surface area (Å²) in [5.41, 5.74) is 3.63. The summed E-state index contributed by atoms with van der Waals surface area (Å²) in [6.07, 6.45) is 4.52. The van der Waals surface area contributed by atoms with Crippen LogP contribution in [0, 0.1) is 5.92 Å². The summed E-state index contributed by atoms with van der Waals surface area (Å²) in [5, 5.41) is 0. The highest BCUT2D eigenvalue weighted by molar-refractivity contribution is 5.68. The van der Waals surface area contributed by atoms with Gasteiger partial charge < -0.3 is 14.4 Å². The molecule has 0 radical (unpaired) electrons. The van der Waals surface area contributed by atoms with Crippen LogP contribution in [0.2, 0.25) is 0 Å². The number of likely N-dealkylation sites (tertiary alicyclic amines) is 1. The fourth-order valence-corrected chi connectivity index (χ4v) is 2.91. The van der Waals surface area contributed by atoms with Crippen molar-refractivity contribution in [2.24, 2.45) is 11.8 Å². The van der Waals surface area contributed by atoms with Gasteiger partial charge in [0, 0.05) is 19.1 Å². The summed E-state index contributed by atoms with van der Waals surface area (Å²) in [6, 6.07) is 0.0673. The Labute approximate surface area is 126 Å². The molecule has 1 fully saturated rings. The average Bonchev–Trinajstić information content (AvgIpc) is 2.89. The van der Waals surface area contributed by atoms with Crippen molar-refractivity contribution in [1.29, 1.82) is 0 Å². The van der Waals surface area contributed by atoms with Gasteiger partial charge in [-0.1, -0.05) is 0 Å². The number of amides is 1. The predicted molar refractivity (Wildman–Crippen MR) is 80.3 cm³/mol. The molecule has 0 spiro atoms. The number of nitrogens with one attached hydrogen (secondary N) is 1. The molecule has 120 valence electrons. The summed E-state index contributed by atoms with van der Waals surface area (Å²) in [4.78, 5) is 13.9. The molecule has 0 aromatic carbocycles. The van der Waals surface area contributed by atoms with Crippen molar-refractivity contribution < 1.29 is 14.3 Å². The maximum Gasteiger partial charge on any atom is 0.410 e. The van der Waals surface area contributed by atoms with E-state index < -0.39 is 5.60 Å². The molecule has 0 aromatic heterocycles. The van der Waals surface area contributed by atoms with E-state index >= 15 is 0 Å². The zero-order valence-electron chi connectivity index (χ0n) is 13.2. The Morgan fingerprint density at radius 1 is 1.57 bits per heavy atom. The van der Waals surface area contributed by atoms with Crippen LogP contribution < -0.4 is 11.3 Å². The number of carbonyl (C=O) groups is 1. The van der Waals surface area contributed by atoms with E-state index in [1.54, 1.807) is 4.90 Å². The van der Waals surface area contributed by atoms with Crippen molar-refractivity contribution in [1.82, 2.24) is 10.3 Å². The fraction of sp³-hybridized carbons (Fsp3) is 0.800. The number of hydrazine groups is 1. The first-order valence-electron chi connectivity index (χ1n) is 7.65. The van der Waals surface area contributed by atoms with Crippen molar-refractivity contribution >= 4 is 6.09 Å². The second kappa shape index (κ2) is 6.66. The SMILES string of the molecule is CC(C)(C)OC(=O)N1CCC(C(NN)C2=COCCC2)C1. The van der Waals surface area contributed by atoms with Crippen molar-refractivity contribution in [3.63, 3.8) is 0 Å². The van der Waals surface area contributed by atoms with Crippen LogP contribution in [0.4, 0.5) is 4.79 Å². The monoisotopic (exact) mass is 297 g/mol. The molecule has 2 rings (SSSR count). The van der Waals surface area contributed by atoms with E-state index in [1.807, 2.05) is 27.0 Å². The van der Waals surface area contributed by atoms with Gasteiger partial charge in [0.25, 0.3) is 0 Å². The van der Waals surface area contributed by atoms with Crippen molar-refractivity contribution in [2.45, 2.75) is 51.7 Å². The van der Waals surface area contributed by atoms with Crippen LogP contribution in [0.5, 0.6) is 0 Å². The van der Waals surface area contributed by atoms with Gasteiger partial charge >= 0.3 is 6.09 Å². The van der Waals surface area contributed by atoms with E-state index in [0.717, 1.165) is 25.9 Å². The Morgan fingerprint density at radius 2 is 2.33 bits per heavy atom. The van der Waals surface area contributed by atoms with E-state index in [1.165, 1.54) is 5.57 Å². The highest BCUT2D eigenvalue weighted by Crippen LogP contribution is 2.28. The molecule has 3 N–H and O–H groups in total. The van der Waals surface area contributed by atoms with E-state index in [0.29, 0.717) is 19.0 Å². The number of rotatable bonds is 3. The van der Waals surface area contributed by atoms with Gasteiger partial charge in [-0.2, -0.15) is 0 Å². The molecule has 0 bridgehead atoms. The minimum atomic E-state index is -0.458. The second-order valence-corrected chi connectivity index (χ2v) is 6.79. The van der Waals surface area contributed by atoms with Crippen LogP contribution in [0.15, 0.2) is 11.8 Å². The summed E-state index contributed by atoms with van der Waals surface area (Å²) in [5.74, 6) is 6.03. The standard InChI is InChI=1S/C15H27N3O3/c1-15(2,3)21-14(19)18-7-6-11(9-18)13(17-16)12-5-4-8-20-10-12/h10-11,13,17H,4-9,16H2,1-3H3. The number of nitrogens with two attached hydrogens (primary N) is 1. The Balaban J connectivity index is 1.94. The van der Waals surface area contributed by atoms with Crippen LogP contribution in [0.3, 0.4) is 0 Å². The normalized spacial score (nSPS) is 24.3. The van der Waals surface area contributed by atoms with Gasteiger partial charge in [-0.3, -0.25) is 11.3 Å². The Hall–Kier alpha value is -1.27. The maximum atomic E-state index is 12.1. The smallest absolute Gasteiger partial charge is 0.410 e. The molecule has 21 heavy (non-hydrogen) atoms. The Morgan fingerprint density at radius 3 is 2.90 bits per heavy atom. The third-order valence-corrected chi connectivity index (χ3v) is 3.89. The molecule has 1 saturated heterocycles. The molecule has 2 aliphatic heterocycles. The molecule has 2 unspecified atom stereocenters. The number of hydrogen-bond donors (Lipinski definition) is 2. The molecule has 6 heteroatoms. The third-order valence-electron chi connectivity index (χ3n) is 3.89. The molecule has 2 atom stereocenters. The largest absolute Gasteiger partial charge is 0.501 e. The first-order valence-corrected chi connectivity index (χ1v) is 7.65. The van der Waals surface area contributed by atoms with Crippen LogP contribution in [-0.4, -0.2) is 42.3 Å². The lowest BCUT2D eigenvalue weighted by Crippen LogP contribution is -2.44. The zero-order valence-corrected chi connectivity index (χ0v) is 13.2. The van der Waals surface area contributed by atoms with Crippen molar-refractivity contribution in [3.05, 3.63) is 11.8 Å². The fourth-order valence-electron chi connectivity index (χ4n) is 2.91. The summed E-state index contributed by atoms with van der Waals surface area (Å²) < 4.78 is 10.8. The Bertz CT molecular complexity index is 403. The van der Waals surface area contributed by atoms with Gasteiger partial charge in [0.2, 0.25) is 0 Å². The van der Waals surface area contributed by atoms with Crippen molar-refractivity contribution in [3.8, 4) is 0 Å². The number of nitrogens with zero attached hydrogens (tertiary/aromatic N) is 1. The Kier molecular flexibility index (Phi) is 5.11. The first kappa shape index (κ1) is 16.1. The number of ether oxygens (including phenoxy) is 2. The quantitative estimate of drug-likeness (QED) is 0.613. The molecule has 0 aliphatic carbocycles. The minimum Gasteiger partial charge on any atom is -0.501 e. The van der Waals surface area contributed by atoms with E-state index in [4.69, 9.17) is 15.3 Å². The maximum absolute atomic E-state index is 12.1. The number of hydrogen-bond acceptors (Lipinski definition) is 5. The van der Waals surface area contributed by atoms with Gasteiger partial charge in [-0.05, 0) is 51.5 Å². The van der Waals surface area contributed by atoms with Crippen LogP contribution in [0.1, 0.15) is 40.0 Å². The highest BCUT2D eigenvalue weighted by Gasteiger charge is 2.35.